The molecule has 1 rings (SSSR count). The van der Waals surface area contributed by atoms with E-state index < -0.39 is 0 Å². The van der Waals surface area contributed by atoms with E-state index in [-0.39, 0.29) is 0 Å². The number of aryl methyl sites for hydroxylation is 1. The van der Waals surface area contributed by atoms with Crippen molar-refractivity contribution in [1.82, 2.24) is 0 Å². The molecule has 1 heterocycles. The summed E-state index contributed by atoms with van der Waals surface area (Å²) in [4.78, 5) is 2.84. The van der Waals surface area contributed by atoms with Crippen LogP contribution in [0.2, 0.25) is 0 Å². The fourth-order valence-electron chi connectivity index (χ4n) is 1.51. The lowest BCUT2D eigenvalue weighted by Crippen LogP contribution is -1.93. The third-order valence-electron chi connectivity index (χ3n) is 2.16. The summed E-state index contributed by atoms with van der Waals surface area (Å²) in [5.41, 5.74) is 0. The van der Waals surface area contributed by atoms with Crippen LogP contribution < -0.4 is 0 Å². The predicted octanol–water partition coefficient (Wildman–Crippen LogP) is 3.96. The average molecular weight is 192 g/mol. The minimum atomic E-state index is 0.591. The van der Waals surface area contributed by atoms with Gasteiger partial charge in [-0.05, 0) is 25.5 Å². The monoisotopic (exact) mass is 192 g/mol. The third kappa shape index (κ3) is 2.90. The first-order chi connectivity index (χ1) is 6.27. The first-order valence-electron chi connectivity index (χ1n) is 4.77. The summed E-state index contributed by atoms with van der Waals surface area (Å²) in [5.74, 6) is 3.36. The number of hydrogen-bond acceptors (Lipinski definition) is 1. The minimum Gasteiger partial charge on any atom is -0.145 e. The summed E-state index contributed by atoms with van der Waals surface area (Å²) < 4.78 is 0. The first-order valence-corrected chi connectivity index (χ1v) is 5.59. The molecule has 1 atom stereocenters. The van der Waals surface area contributed by atoms with Crippen LogP contribution >= 0.6 is 11.3 Å². The van der Waals surface area contributed by atoms with Crippen molar-refractivity contribution in [3.8, 4) is 12.3 Å². The van der Waals surface area contributed by atoms with Gasteiger partial charge < -0.3 is 0 Å². The van der Waals surface area contributed by atoms with E-state index in [1.807, 2.05) is 11.3 Å². The highest BCUT2D eigenvalue weighted by Gasteiger charge is 2.10. The predicted molar refractivity (Wildman–Crippen MR) is 60.2 cm³/mol. The fourth-order valence-corrected chi connectivity index (χ4v) is 2.52. The van der Waals surface area contributed by atoms with E-state index in [2.05, 4.69) is 31.9 Å². The minimum absolute atomic E-state index is 0.591. The Labute approximate surface area is 85.0 Å². The molecule has 1 aromatic rings. The van der Waals surface area contributed by atoms with Crippen molar-refractivity contribution >= 4 is 11.3 Å². The van der Waals surface area contributed by atoms with Gasteiger partial charge in [0.15, 0.2) is 0 Å². The maximum Gasteiger partial charge on any atom is 0.0163 e. The van der Waals surface area contributed by atoms with E-state index in [9.17, 15) is 0 Å². The van der Waals surface area contributed by atoms with Gasteiger partial charge in [0.05, 0.1) is 0 Å². The van der Waals surface area contributed by atoms with Crippen molar-refractivity contribution in [3.63, 3.8) is 0 Å². The van der Waals surface area contributed by atoms with Crippen molar-refractivity contribution < 1.29 is 0 Å². The molecule has 0 amide bonds. The Balaban J connectivity index is 2.70. The van der Waals surface area contributed by atoms with Crippen molar-refractivity contribution in [3.05, 3.63) is 21.9 Å². The number of thiophene rings is 1. The van der Waals surface area contributed by atoms with Crippen molar-refractivity contribution in [2.75, 3.05) is 0 Å². The molecule has 1 aromatic heterocycles. The van der Waals surface area contributed by atoms with Crippen LogP contribution in [0.25, 0.3) is 0 Å². The van der Waals surface area contributed by atoms with Crippen LogP contribution in [0.5, 0.6) is 0 Å². The SMILES string of the molecule is C#CCC(CCC)c1ccc(C)s1. The van der Waals surface area contributed by atoms with E-state index in [1.165, 1.54) is 22.6 Å². The van der Waals surface area contributed by atoms with Crippen LogP contribution in [0.15, 0.2) is 12.1 Å². The molecule has 1 heteroatoms. The van der Waals surface area contributed by atoms with Crippen molar-refractivity contribution in [1.29, 1.82) is 0 Å². The molecular weight excluding hydrogens is 176 g/mol. The molecular formula is C12H16S. The summed E-state index contributed by atoms with van der Waals surface area (Å²) in [6.45, 7) is 4.36. The number of rotatable bonds is 4. The van der Waals surface area contributed by atoms with Gasteiger partial charge in [-0.25, -0.2) is 0 Å². The lowest BCUT2D eigenvalue weighted by Gasteiger charge is -2.09. The lowest BCUT2D eigenvalue weighted by molar-refractivity contribution is 0.638. The van der Waals surface area contributed by atoms with Crippen molar-refractivity contribution in [2.45, 2.75) is 39.0 Å². The Morgan fingerprint density at radius 3 is 2.77 bits per heavy atom. The van der Waals surface area contributed by atoms with Crippen LogP contribution in [0, 0.1) is 19.3 Å². The smallest absolute Gasteiger partial charge is 0.0163 e. The molecule has 1 unspecified atom stereocenters. The van der Waals surface area contributed by atoms with Gasteiger partial charge in [0.1, 0.15) is 0 Å². The molecule has 0 fully saturated rings. The molecule has 0 saturated carbocycles. The normalized spacial score (nSPS) is 12.4. The topological polar surface area (TPSA) is 0 Å². The molecule has 70 valence electrons. The van der Waals surface area contributed by atoms with E-state index in [0.29, 0.717) is 5.92 Å². The molecule has 0 bridgehead atoms. The molecule has 0 aliphatic rings. The zero-order valence-corrected chi connectivity index (χ0v) is 9.16. The summed E-state index contributed by atoms with van der Waals surface area (Å²) in [6.07, 6.45) is 8.67. The first kappa shape index (κ1) is 10.3. The van der Waals surface area contributed by atoms with Gasteiger partial charge in [-0.2, -0.15) is 0 Å². The van der Waals surface area contributed by atoms with Crippen LogP contribution in [-0.2, 0) is 0 Å². The second-order valence-electron chi connectivity index (χ2n) is 3.34. The highest BCUT2D eigenvalue weighted by Crippen LogP contribution is 2.30. The molecule has 0 aliphatic carbocycles. The van der Waals surface area contributed by atoms with Gasteiger partial charge in [-0.1, -0.05) is 13.3 Å². The molecule has 13 heavy (non-hydrogen) atoms. The maximum absolute atomic E-state index is 5.36. The van der Waals surface area contributed by atoms with Gasteiger partial charge in [-0.15, -0.1) is 23.7 Å². The molecule has 0 aliphatic heterocycles. The highest BCUT2D eigenvalue weighted by molar-refractivity contribution is 7.12. The second kappa shape index (κ2) is 5.09. The Morgan fingerprint density at radius 1 is 1.54 bits per heavy atom. The largest absolute Gasteiger partial charge is 0.145 e. The molecule has 0 aromatic carbocycles. The molecule has 0 saturated heterocycles. The maximum atomic E-state index is 5.36. The van der Waals surface area contributed by atoms with Crippen LogP contribution in [0.1, 0.15) is 41.9 Å². The molecule has 0 nitrogen and oxygen atoms in total. The summed E-state index contributed by atoms with van der Waals surface area (Å²) >= 11 is 1.88. The molecule has 0 spiro atoms. The summed E-state index contributed by atoms with van der Waals surface area (Å²) in [6, 6.07) is 4.40. The Hall–Kier alpha value is -0.740. The van der Waals surface area contributed by atoms with E-state index >= 15 is 0 Å². The zero-order chi connectivity index (χ0) is 9.68. The Kier molecular flexibility index (Phi) is 4.05. The van der Waals surface area contributed by atoms with Gasteiger partial charge in [0.2, 0.25) is 0 Å². The third-order valence-corrected chi connectivity index (χ3v) is 3.33. The summed E-state index contributed by atoms with van der Waals surface area (Å²) in [5, 5.41) is 0. The Morgan fingerprint density at radius 2 is 2.31 bits per heavy atom. The highest BCUT2D eigenvalue weighted by atomic mass is 32.1. The molecule has 0 N–H and O–H groups in total. The summed E-state index contributed by atoms with van der Waals surface area (Å²) in [7, 11) is 0. The lowest BCUT2D eigenvalue weighted by atomic mass is 9.98. The van der Waals surface area contributed by atoms with Gasteiger partial charge in [-0.3, -0.25) is 0 Å². The number of hydrogen-bond donors (Lipinski definition) is 0. The molecule has 0 radical (unpaired) electrons. The van der Waals surface area contributed by atoms with E-state index in [0.717, 1.165) is 6.42 Å². The van der Waals surface area contributed by atoms with Crippen molar-refractivity contribution in [2.24, 2.45) is 0 Å². The Bertz CT molecular complexity index is 290. The van der Waals surface area contributed by atoms with Gasteiger partial charge in [0.25, 0.3) is 0 Å². The number of terminal acetylenes is 1. The second-order valence-corrected chi connectivity index (χ2v) is 4.66. The van der Waals surface area contributed by atoms with Crippen LogP contribution in [0.4, 0.5) is 0 Å². The quantitative estimate of drug-likeness (QED) is 0.633. The van der Waals surface area contributed by atoms with Gasteiger partial charge in [0, 0.05) is 22.1 Å². The standard InChI is InChI=1S/C12H16S/c1-4-6-11(7-5-2)12-9-8-10(3)13-12/h1,8-9,11H,5-7H2,2-3H3. The fraction of sp³-hybridized carbons (Fsp3) is 0.500. The van der Waals surface area contributed by atoms with Gasteiger partial charge >= 0.3 is 0 Å². The van der Waals surface area contributed by atoms with E-state index in [4.69, 9.17) is 6.42 Å². The van der Waals surface area contributed by atoms with Crippen LogP contribution in [-0.4, -0.2) is 0 Å². The van der Waals surface area contributed by atoms with Crippen LogP contribution in [0.3, 0.4) is 0 Å². The average Bonchev–Trinajstić information content (AvgIpc) is 2.51. The van der Waals surface area contributed by atoms with E-state index in [1.54, 1.807) is 0 Å². The zero-order valence-electron chi connectivity index (χ0n) is 8.34.